The fourth-order valence-corrected chi connectivity index (χ4v) is 4.86. The number of H-pyrrole nitrogens is 1. The van der Waals surface area contributed by atoms with Gasteiger partial charge in [0.05, 0.1) is 15.9 Å². The van der Waals surface area contributed by atoms with Crippen molar-refractivity contribution in [3.63, 3.8) is 0 Å². The summed E-state index contributed by atoms with van der Waals surface area (Å²) < 4.78 is 27.0. The normalized spacial score (nSPS) is 11.8. The van der Waals surface area contributed by atoms with Gasteiger partial charge in [-0.1, -0.05) is 48.5 Å². The quantitative estimate of drug-likeness (QED) is 0.444. The summed E-state index contributed by atoms with van der Waals surface area (Å²) in [5.41, 5.74) is 5.26. The molecule has 8 nitrogen and oxygen atoms in total. The number of sulfone groups is 1. The molecule has 1 N–H and O–H groups in total. The van der Waals surface area contributed by atoms with Crippen molar-refractivity contribution in [3.05, 3.63) is 78.1 Å². The molecular weight excluding hydrogens is 424 g/mol. The van der Waals surface area contributed by atoms with Crippen molar-refractivity contribution in [3.8, 4) is 22.5 Å². The maximum atomic E-state index is 12.4. The van der Waals surface area contributed by atoms with Gasteiger partial charge in [0, 0.05) is 18.4 Å². The van der Waals surface area contributed by atoms with Gasteiger partial charge in [-0.2, -0.15) is 0 Å². The second-order valence-electron chi connectivity index (χ2n) is 7.63. The average molecular weight is 445 g/mol. The molecule has 0 fully saturated rings. The highest BCUT2D eigenvalue weighted by Crippen LogP contribution is 2.35. The molecular formula is C23H20N6O2S. The van der Waals surface area contributed by atoms with Crippen LogP contribution in [0.4, 0.5) is 0 Å². The first-order valence-corrected chi connectivity index (χ1v) is 11.9. The van der Waals surface area contributed by atoms with Crippen LogP contribution >= 0.6 is 0 Å². The van der Waals surface area contributed by atoms with Crippen molar-refractivity contribution in [2.24, 2.45) is 0 Å². The SMILES string of the molecule is Cc1nc2ccccc2n1Cc1ccc(-c2cccc(S(C)(=O)=O)c2-c2nnn[nH]2)cc1. The average Bonchev–Trinajstić information content (AvgIpc) is 3.42. The Morgan fingerprint density at radius 3 is 2.47 bits per heavy atom. The minimum Gasteiger partial charge on any atom is -0.324 e. The first-order valence-electron chi connectivity index (χ1n) is 10.00. The Balaban J connectivity index is 1.56. The Labute approximate surface area is 184 Å². The fourth-order valence-electron chi connectivity index (χ4n) is 3.96. The molecule has 0 bridgehead atoms. The first kappa shape index (κ1) is 20.1. The Morgan fingerprint density at radius 1 is 0.969 bits per heavy atom. The van der Waals surface area contributed by atoms with E-state index in [-0.39, 0.29) is 4.90 Å². The van der Waals surface area contributed by atoms with Crippen molar-refractivity contribution in [1.82, 2.24) is 30.2 Å². The monoisotopic (exact) mass is 444 g/mol. The number of aromatic amines is 1. The second kappa shape index (κ2) is 7.69. The van der Waals surface area contributed by atoms with Gasteiger partial charge in [-0.25, -0.2) is 18.5 Å². The molecule has 2 aromatic heterocycles. The number of aromatic nitrogens is 6. The van der Waals surface area contributed by atoms with Crippen molar-refractivity contribution >= 4 is 20.9 Å². The van der Waals surface area contributed by atoms with Crippen LogP contribution in [-0.2, 0) is 16.4 Å². The van der Waals surface area contributed by atoms with Crippen LogP contribution in [-0.4, -0.2) is 44.8 Å². The third kappa shape index (κ3) is 3.56. The summed E-state index contributed by atoms with van der Waals surface area (Å²) in [5, 5.41) is 13.9. The number of benzene rings is 3. The summed E-state index contributed by atoms with van der Waals surface area (Å²) in [6.07, 6.45) is 1.18. The second-order valence-corrected chi connectivity index (χ2v) is 9.62. The van der Waals surface area contributed by atoms with E-state index in [1.54, 1.807) is 12.1 Å². The minimum absolute atomic E-state index is 0.179. The molecule has 5 rings (SSSR count). The fraction of sp³-hybridized carbons (Fsp3) is 0.130. The number of nitrogens with one attached hydrogen (secondary N) is 1. The van der Waals surface area contributed by atoms with Gasteiger partial charge in [0.2, 0.25) is 0 Å². The molecule has 0 aliphatic rings. The zero-order valence-electron chi connectivity index (χ0n) is 17.5. The van der Waals surface area contributed by atoms with E-state index in [0.29, 0.717) is 17.9 Å². The summed E-state index contributed by atoms with van der Waals surface area (Å²) in [7, 11) is -3.48. The number of rotatable bonds is 5. The summed E-state index contributed by atoms with van der Waals surface area (Å²) in [4.78, 5) is 4.81. The summed E-state index contributed by atoms with van der Waals surface area (Å²) in [6.45, 7) is 2.69. The van der Waals surface area contributed by atoms with Gasteiger partial charge in [-0.05, 0) is 52.2 Å². The third-order valence-electron chi connectivity index (χ3n) is 5.46. The molecule has 0 radical (unpaired) electrons. The van der Waals surface area contributed by atoms with Crippen LogP contribution in [0.1, 0.15) is 11.4 Å². The Morgan fingerprint density at radius 2 is 1.75 bits per heavy atom. The highest BCUT2D eigenvalue weighted by molar-refractivity contribution is 7.90. The van der Waals surface area contributed by atoms with E-state index in [1.165, 1.54) is 6.26 Å². The molecule has 32 heavy (non-hydrogen) atoms. The Kier molecular flexibility index (Phi) is 4.82. The molecule has 0 amide bonds. The lowest BCUT2D eigenvalue weighted by Gasteiger charge is -2.13. The van der Waals surface area contributed by atoms with E-state index in [9.17, 15) is 8.42 Å². The zero-order valence-corrected chi connectivity index (χ0v) is 18.3. The molecule has 0 aliphatic heterocycles. The molecule has 5 aromatic rings. The highest BCUT2D eigenvalue weighted by atomic mass is 32.2. The first-order chi connectivity index (χ1) is 15.4. The van der Waals surface area contributed by atoms with Gasteiger partial charge in [-0.3, -0.25) is 0 Å². The van der Waals surface area contributed by atoms with Crippen LogP contribution in [0.3, 0.4) is 0 Å². The van der Waals surface area contributed by atoms with Crippen LogP contribution in [0.15, 0.2) is 71.6 Å². The predicted octanol–water partition coefficient (Wildman–Crippen LogP) is 3.64. The third-order valence-corrected chi connectivity index (χ3v) is 6.60. The molecule has 0 saturated heterocycles. The van der Waals surface area contributed by atoms with E-state index >= 15 is 0 Å². The van der Waals surface area contributed by atoms with Crippen LogP contribution in [0.25, 0.3) is 33.5 Å². The topological polar surface area (TPSA) is 106 Å². The molecule has 0 spiro atoms. The Bertz CT molecular complexity index is 1520. The molecule has 0 aliphatic carbocycles. The minimum atomic E-state index is -3.48. The van der Waals surface area contributed by atoms with E-state index in [4.69, 9.17) is 0 Å². The molecule has 0 saturated carbocycles. The van der Waals surface area contributed by atoms with Gasteiger partial charge in [-0.15, -0.1) is 5.10 Å². The van der Waals surface area contributed by atoms with Gasteiger partial charge < -0.3 is 4.57 Å². The largest absolute Gasteiger partial charge is 0.324 e. The summed E-state index contributed by atoms with van der Waals surface area (Å²) >= 11 is 0. The van der Waals surface area contributed by atoms with Crippen molar-refractivity contribution < 1.29 is 8.42 Å². The van der Waals surface area contributed by atoms with E-state index in [1.807, 2.05) is 55.5 Å². The zero-order chi connectivity index (χ0) is 22.3. The predicted molar refractivity (Wildman–Crippen MR) is 122 cm³/mol. The Hall–Kier alpha value is -3.85. The standard InChI is InChI=1S/C23H20N6O2S/c1-15-24-19-7-3-4-8-20(19)29(15)14-16-10-12-17(13-11-16)18-6-5-9-21(32(2,30)31)22(18)23-25-27-28-26-23/h3-13H,14H2,1-2H3,(H,25,26,27,28). The molecule has 0 unspecified atom stereocenters. The lowest BCUT2D eigenvalue weighted by Crippen LogP contribution is -2.03. The van der Waals surface area contributed by atoms with Crippen LogP contribution in [0.2, 0.25) is 0 Å². The van der Waals surface area contributed by atoms with E-state index in [0.717, 1.165) is 33.5 Å². The van der Waals surface area contributed by atoms with Crippen LogP contribution in [0.5, 0.6) is 0 Å². The number of hydrogen-bond donors (Lipinski definition) is 1. The van der Waals surface area contributed by atoms with Gasteiger partial charge in [0.1, 0.15) is 5.82 Å². The van der Waals surface area contributed by atoms with Crippen LogP contribution < -0.4 is 0 Å². The van der Waals surface area contributed by atoms with Gasteiger partial charge >= 0.3 is 0 Å². The maximum Gasteiger partial charge on any atom is 0.181 e. The molecule has 9 heteroatoms. The number of fused-ring (bicyclic) bond motifs is 1. The van der Waals surface area contributed by atoms with Crippen molar-refractivity contribution in [2.75, 3.05) is 6.26 Å². The van der Waals surface area contributed by atoms with E-state index in [2.05, 4.69) is 36.2 Å². The molecule has 0 atom stereocenters. The van der Waals surface area contributed by atoms with Gasteiger partial charge in [0.15, 0.2) is 15.7 Å². The lowest BCUT2D eigenvalue weighted by atomic mass is 9.98. The molecule has 160 valence electrons. The summed E-state index contributed by atoms with van der Waals surface area (Å²) in [6, 6.07) is 21.3. The van der Waals surface area contributed by atoms with Crippen molar-refractivity contribution in [2.45, 2.75) is 18.4 Å². The smallest absolute Gasteiger partial charge is 0.181 e. The number of para-hydroxylation sites is 2. The number of hydrogen-bond acceptors (Lipinski definition) is 6. The van der Waals surface area contributed by atoms with Crippen LogP contribution in [0, 0.1) is 6.92 Å². The van der Waals surface area contributed by atoms with Crippen molar-refractivity contribution in [1.29, 1.82) is 0 Å². The lowest BCUT2D eigenvalue weighted by molar-refractivity contribution is 0.602. The number of aryl methyl sites for hydroxylation is 1. The number of imidazole rings is 1. The van der Waals surface area contributed by atoms with Gasteiger partial charge in [0.25, 0.3) is 0 Å². The van der Waals surface area contributed by atoms with E-state index < -0.39 is 9.84 Å². The molecule has 2 heterocycles. The number of nitrogens with zero attached hydrogens (tertiary/aromatic N) is 5. The molecule has 3 aromatic carbocycles. The number of tetrazole rings is 1. The highest BCUT2D eigenvalue weighted by Gasteiger charge is 2.21. The maximum absolute atomic E-state index is 12.4. The summed E-state index contributed by atoms with van der Waals surface area (Å²) in [5.74, 6) is 1.27.